The Hall–Kier alpha value is -2.13. The van der Waals surface area contributed by atoms with Gasteiger partial charge in [-0.3, -0.25) is 9.59 Å². The molecule has 1 rings (SSSR count). The lowest BCUT2D eigenvalue weighted by Crippen LogP contribution is -2.43. The van der Waals surface area contributed by atoms with Gasteiger partial charge in [0, 0.05) is 0 Å². The molecule has 0 bridgehead atoms. The number of rotatable bonds is 5. The summed E-state index contributed by atoms with van der Waals surface area (Å²) in [5.74, 6) is -2.52. The van der Waals surface area contributed by atoms with Crippen LogP contribution in [0.1, 0.15) is 0 Å². The van der Waals surface area contributed by atoms with Gasteiger partial charge in [-0.25, -0.2) is 9.67 Å². The van der Waals surface area contributed by atoms with E-state index in [1.54, 1.807) is 0 Å². The molecule has 0 aliphatic heterocycles. The molecule has 0 aliphatic rings. The van der Waals surface area contributed by atoms with Crippen LogP contribution >= 0.6 is 0 Å². The average molecular weight is 266 g/mol. The van der Waals surface area contributed by atoms with E-state index in [-0.39, 0.29) is 4.90 Å². The first-order chi connectivity index (χ1) is 8.28. The Morgan fingerprint density at radius 1 is 1.39 bits per heavy atom. The minimum atomic E-state index is -4.66. The summed E-state index contributed by atoms with van der Waals surface area (Å²) in [5.41, 5.74) is 0. The fraction of sp³-hybridized carbons (Fsp3) is 0.500. The Bertz CT molecular complexity index is 418. The van der Waals surface area contributed by atoms with Crippen molar-refractivity contribution >= 4 is 11.9 Å². The highest BCUT2D eigenvalue weighted by molar-refractivity contribution is 5.81. The molecular weight excluding hydrogens is 257 g/mol. The zero-order valence-electron chi connectivity index (χ0n) is 8.96. The van der Waals surface area contributed by atoms with Crippen LogP contribution in [0, 0.1) is 0 Å². The molecule has 100 valence electrons. The summed E-state index contributed by atoms with van der Waals surface area (Å²) in [6, 6.07) is 0. The number of hydrogen-bond acceptors (Lipinski definition) is 4. The minimum absolute atomic E-state index is 0.198. The van der Waals surface area contributed by atoms with Gasteiger partial charge in [0.1, 0.15) is 32.3 Å². The van der Waals surface area contributed by atoms with Crippen LogP contribution in [0.25, 0.3) is 0 Å². The number of alkyl halides is 3. The first kappa shape index (κ1) is 13.9. The van der Waals surface area contributed by atoms with E-state index in [4.69, 9.17) is 5.11 Å². The number of carbonyl (C=O) groups is 2. The summed E-state index contributed by atoms with van der Waals surface area (Å²) in [7, 11) is 0. The number of amides is 1. The van der Waals surface area contributed by atoms with E-state index in [1.807, 2.05) is 0 Å². The number of hydrogen-bond donors (Lipinski definition) is 1. The van der Waals surface area contributed by atoms with E-state index in [0.29, 0.717) is 0 Å². The zero-order valence-corrected chi connectivity index (χ0v) is 8.96. The normalized spacial score (nSPS) is 11.3. The number of carboxylic acids is 1. The van der Waals surface area contributed by atoms with Crippen LogP contribution in [0.3, 0.4) is 0 Å². The number of aromatic nitrogens is 3. The highest BCUT2D eigenvalue weighted by Crippen LogP contribution is 2.16. The zero-order chi connectivity index (χ0) is 13.8. The van der Waals surface area contributed by atoms with Crippen molar-refractivity contribution in [3.05, 3.63) is 12.7 Å². The Kier molecular flexibility index (Phi) is 4.23. The Labute approximate surface area is 98.8 Å². The minimum Gasteiger partial charge on any atom is -0.480 e. The second kappa shape index (κ2) is 5.47. The molecule has 1 heterocycles. The van der Waals surface area contributed by atoms with Gasteiger partial charge in [-0.05, 0) is 0 Å². The molecule has 7 nitrogen and oxygen atoms in total. The van der Waals surface area contributed by atoms with Crippen molar-refractivity contribution in [3.63, 3.8) is 0 Å². The van der Waals surface area contributed by atoms with Crippen LogP contribution in [-0.2, 0) is 16.1 Å². The standard InChI is InChI=1S/C8H9F3N4O3/c9-8(10,11)3-14(2-7(17)18)6(16)1-15-5-12-4-13-15/h4-5H,1-3H2,(H,17,18). The van der Waals surface area contributed by atoms with Gasteiger partial charge in [0.05, 0.1) is 0 Å². The highest BCUT2D eigenvalue weighted by atomic mass is 19.4. The SMILES string of the molecule is O=C(O)CN(CC(F)(F)F)C(=O)Cn1cncn1. The molecule has 1 aromatic heterocycles. The summed E-state index contributed by atoms with van der Waals surface area (Å²) < 4.78 is 37.5. The fourth-order valence-corrected chi connectivity index (χ4v) is 1.16. The Morgan fingerprint density at radius 3 is 2.50 bits per heavy atom. The molecule has 0 saturated heterocycles. The van der Waals surface area contributed by atoms with Gasteiger partial charge in [0.2, 0.25) is 5.91 Å². The maximum atomic E-state index is 12.2. The molecule has 0 atom stereocenters. The molecule has 0 unspecified atom stereocenters. The molecule has 10 heteroatoms. The first-order valence-corrected chi connectivity index (χ1v) is 4.66. The molecular formula is C8H9F3N4O3. The summed E-state index contributed by atoms with van der Waals surface area (Å²) >= 11 is 0. The summed E-state index contributed by atoms with van der Waals surface area (Å²) in [5, 5.41) is 12.0. The van der Waals surface area contributed by atoms with Crippen LogP contribution in [-0.4, -0.2) is 55.9 Å². The quantitative estimate of drug-likeness (QED) is 0.794. The van der Waals surface area contributed by atoms with Gasteiger partial charge >= 0.3 is 12.1 Å². The van der Waals surface area contributed by atoms with Gasteiger partial charge in [-0.15, -0.1) is 0 Å². The molecule has 0 radical (unpaired) electrons. The molecule has 1 amide bonds. The maximum Gasteiger partial charge on any atom is 0.406 e. The van der Waals surface area contributed by atoms with E-state index in [2.05, 4.69) is 10.1 Å². The molecule has 0 fully saturated rings. The van der Waals surface area contributed by atoms with Crippen LogP contribution in [0.15, 0.2) is 12.7 Å². The largest absolute Gasteiger partial charge is 0.480 e. The van der Waals surface area contributed by atoms with E-state index < -0.39 is 37.7 Å². The van der Waals surface area contributed by atoms with Crippen LogP contribution in [0.4, 0.5) is 13.2 Å². The van der Waals surface area contributed by atoms with Crippen molar-refractivity contribution in [2.45, 2.75) is 12.7 Å². The van der Waals surface area contributed by atoms with Gasteiger partial charge in [0.25, 0.3) is 0 Å². The predicted molar refractivity (Wildman–Crippen MR) is 50.3 cm³/mol. The van der Waals surface area contributed by atoms with Crippen molar-refractivity contribution in [2.24, 2.45) is 0 Å². The van der Waals surface area contributed by atoms with E-state index in [0.717, 1.165) is 17.3 Å². The lowest BCUT2D eigenvalue weighted by molar-refractivity contribution is -0.166. The van der Waals surface area contributed by atoms with Crippen molar-refractivity contribution < 1.29 is 27.9 Å². The van der Waals surface area contributed by atoms with Crippen molar-refractivity contribution in [2.75, 3.05) is 13.1 Å². The van der Waals surface area contributed by atoms with Crippen molar-refractivity contribution in [1.29, 1.82) is 0 Å². The van der Waals surface area contributed by atoms with Gasteiger partial charge in [0.15, 0.2) is 0 Å². The third-order valence-corrected chi connectivity index (χ3v) is 1.81. The molecule has 18 heavy (non-hydrogen) atoms. The maximum absolute atomic E-state index is 12.2. The van der Waals surface area contributed by atoms with Crippen molar-refractivity contribution in [3.8, 4) is 0 Å². The molecule has 0 spiro atoms. The van der Waals surface area contributed by atoms with E-state index in [1.165, 1.54) is 0 Å². The number of carbonyl (C=O) groups excluding carboxylic acids is 1. The molecule has 1 aromatic rings. The topological polar surface area (TPSA) is 88.3 Å². The number of carboxylic acid groups (broad SMARTS) is 1. The van der Waals surface area contributed by atoms with Gasteiger partial charge in [-0.2, -0.15) is 18.3 Å². The highest BCUT2D eigenvalue weighted by Gasteiger charge is 2.33. The fourth-order valence-electron chi connectivity index (χ4n) is 1.16. The summed E-state index contributed by atoms with van der Waals surface area (Å²) in [6.45, 7) is -3.14. The molecule has 0 aromatic carbocycles. The van der Waals surface area contributed by atoms with Crippen LogP contribution in [0.5, 0.6) is 0 Å². The smallest absolute Gasteiger partial charge is 0.406 e. The van der Waals surface area contributed by atoms with Crippen LogP contribution in [0.2, 0.25) is 0 Å². The molecule has 0 saturated carbocycles. The number of nitrogens with zero attached hydrogens (tertiary/aromatic N) is 4. The third-order valence-electron chi connectivity index (χ3n) is 1.81. The van der Waals surface area contributed by atoms with Gasteiger partial charge in [-0.1, -0.05) is 0 Å². The Morgan fingerprint density at radius 2 is 2.06 bits per heavy atom. The predicted octanol–water partition coefficient (Wildman–Crippen LogP) is -0.246. The number of halogens is 3. The molecule has 1 N–H and O–H groups in total. The van der Waals surface area contributed by atoms with Crippen LogP contribution < -0.4 is 0 Å². The average Bonchev–Trinajstić information content (AvgIpc) is 2.66. The monoisotopic (exact) mass is 266 g/mol. The first-order valence-electron chi connectivity index (χ1n) is 4.66. The second-order valence-corrected chi connectivity index (χ2v) is 3.35. The summed E-state index contributed by atoms with van der Waals surface area (Å²) in [6.07, 6.45) is -2.41. The third kappa shape index (κ3) is 4.80. The Balaban J connectivity index is 2.69. The summed E-state index contributed by atoms with van der Waals surface area (Å²) in [4.78, 5) is 25.6. The second-order valence-electron chi connectivity index (χ2n) is 3.35. The van der Waals surface area contributed by atoms with Gasteiger partial charge < -0.3 is 10.0 Å². The lowest BCUT2D eigenvalue weighted by Gasteiger charge is -2.21. The van der Waals surface area contributed by atoms with E-state index in [9.17, 15) is 22.8 Å². The van der Waals surface area contributed by atoms with Crippen molar-refractivity contribution in [1.82, 2.24) is 19.7 Å². The van der Waals surface area contributed by atoms with E-state index >= 15 is 0 Å². The lowest BCUT2D eigenvalue weighted by atomic mass is 10.4. The number of aliphatic carboxylic acids is 1. The molecule has 0 aliphatic carbocycles.